The van der Waals surface area contributed by atoms with Gasteiger partial charge in [0, 0.05) is 31.5 Å². The zero-order valence-corrected chi connectivity index (χ0v) is 12.7. The molecule has 0 aromatic carbocycles. The third-order valence-corrected chi connectivity index (χ3v) is 4.54. The summed E-state index contributed by atoms with van der Waals surface area (Å²) < 4.78 is 20.5. The number of nitrogens with zero attached hydrogens (tertiary/aromatic N) is 1. The van der Waals surface area contributed by atoms with E-state index in [0.717, 1.165) is 17.7 Å². The van der Waals surface area contributed by atoms with Crippen LogP contribution in [0.5, 0.6) is 0 Å². The number of alkyl halides is 1. The molecule has 0 bridgehead atoms. The SMILES string of the molecule is COCCn1c2c(ccc1=O)CC(NC(=O)C1(F)CC1)CC2. The van der Waals surface area contributed by atoms with Crippen LogP contribution in [0.2, 0.25) is 0 Å². The Labute approximate surface area is 128 Å². The van der Waals surface area contributed by atoms with Crippen molar-refractivity contribution in [3.63, 3.8) is 0 Å². The highest BCUT2D eigenvalue weighted by atomic mass is 19.1. The number of amides is 1. The van der Waals surface area contributed by atoms with Gasteiger partial charge in [0.1, 0.15) is 0 Å². The van der Waals surface area contributed by atoms with E-state index in [9.17, 15) is 14.0 Å². The zero-order chi connectivity index (χ0) is 15.7. The van der Waals surface area contributed by atoms with Crippen molar-refractivity contribution < 1.29 is 13.9 Å². The zero-order valence-electron chi connectivity index (χ0n) is 12.7. The van der Waals surface area contributed by atoms with Gasteiger partial charge in [0.2, 0.25) is 0 Å². The summed E-state index contributed by atoms with van der Waals surface area (Å²) in [4.78, 5) is 23.8. The Morgan fingerprint density at radius 2 is 2.27 bits per heavy atom. The smallest absolute Gasteiger partial charge is 0.257 e. The molecule has 1 unspecified atom stereocenters. The van der Waals surface area contributed by atoms with Crippen LogP contribution in [0.4, 0.5) is 4.39 Å². The number of ether oxygens (including phenoxy) is 1. The fourth-order valence-corrected chi connectivity index (χ4v) is 3.03. The van der Waals surface area contributed by atoms with Gasteiger partial charge in [-0.1, -0.05) is 6.07 Å². The van der Waals surface area contributed by atoms with Gasteiger partial charge in [0.25, 0.3) is 11.5 Å². The number of hydrogen-bond donors (Lipinski definition) is 1. The van der Waals surface area contributed by atoms with Crippen LogP contribution in [0.15, 0.2) is 16.9 Å². The van der Waals surface area contributed by atoms with E-state index in [1.165, 1.54) is 0 Å². The van der Waals surface area contributed by atoms with Crippen LogP contribution in [-0.4, -0.2) is 35.9 Å². The molecule has 1 aromatic heterocycles. The molecule has 2 aliphatic rings. The summed E-state index contributed by atoms with van der Waals surface area (Å²) in [5, 5.41) is 2.81. The summed E-state index contributed by atoms with van der Waals surface area (Å²) in [5.41, 5.74) is 0.406. The Bertz CT molecular complexity index is 637. The molecule has 1 atom stereocenters. The van der Waals surface area contributed by atoms with E-state index >= 15 is 0 Å². The molecule has 1 amide bonds. The summed E-state index contributed by atoms with van der Waals surface area (Å²) in [7, 11) is 1.61. The second-order valence-electron chi connectivity index (χ2n) is 6.17. The molecular weight excluding hydrogens is 287 g/mol. The average molecular weight is 308 g/mol. The van der Waals surface area contributed by atoms with Crippen molar-refractivity contribution in [2.75, 3.05) is 13.7 Å². The van der Waals surface area contributed by atoms with Gasteiger partial charge >= 0.3 is 0 Å². The topological polar surface area (TPSA) is 60.3 Å². The number of aromatic nitrogens is 1. The second kappa shape index (κ2) is 5.83. The highest BCUT2D eigenvalue weighted by molar-refractivity contribution is 5.88. The molecule has 1 aromatic rings. The third kappa shape index (κ3) is 2.92. The first-order chi connectivity index (χ1) is 10.5. The number of nitrogens with one attached hydrogen (secondary N) is 1. The first kappa shape index (κ1) is 15.2. The summed E-state index contributed by atoms with van der Waals surface area (Å²) in [6, 6.07) is 3.32. The highest BCUT2D eigenvalue weighted by Gasteiger charge is 2.51. The lowest BCUT2D eigenvalue weighted by atomic mass is 9.91. The van der Waals surface area contributed by atoms with Crippen LogP contribution in [-0.2, 0) is 28.9 Å². The van der Waals surface area contributed by atoms with Crippen molar-refractivity contribution in [1.82, 2.24) is 9.88 Å². The predicted octanol–water partition coefficient (Wildman–Crippen LogP) is 0.970. The van der Waals surface area contributed by atoms with E-state index in [4.69, 9.17) is 4.74 Å². The molecule has 0 saturated heterocycles. The maximum atomic E-state index is 13.7. The van der Waals surface area contributed by atoms with Crippen LogP contribution in [0.1, 0.15) is 30.5 Å². The van der Waals surface area contributed by atoms with Gasteiger partial charge < -0.3 is 14.6 Å². The monoisotopic (exact) mass is 308 g/mol. The van der Waals surface area contributed by atoms with Crippen molar-refractivity contribution in [2.45, 2.75) is 50.4 Å². The van der Waals surface area contributed by atoms with Gasteiger partial charge in [-0.25, -0.2) is 4.39 Å². The van der Waals surface area contributed by atoms with E-state index in [2.05, 4.69) is 5.32 Å². The Kier molecular flexibility index (Phi) is 4.04. The molecule has 1 fully saturated rings. The van der Waals surface area contributed by atoms with Crippen molar-refractivity contribution in [2.24, 2.45) is 0 Å². The summed E-state index contributed by atoms with van der Waals surface area (Å²) in [6.45, 7) is 1.02. The minimum atomic E-state index is -1.63. The number of halogens is 1. The second-order valence-corrected chi connectivity index (χ2v) is 6.17. The van der Waals surface area contributed by atoms with E-state index < -0.39 is 11.6 Å². The number of carbonyl (C=O) groups is 1. The normalized spacial score (nSPS) is 22.0. The predicted molar refractivity (Wildman–Crippen MR) is 79.6 cm³/mol. The molecule has 120 valence electrons. The standard InChI is InChI=1S/C16H21FN2O3/c1-22-9-8-19-13-4-3-12(10-11(13)2-5-14(19)20)18-15(21)16(17)6-7-16/h2,5,12H,3-4,6-10H2,1H3,(H,18,21). The molecular formula is C16H21FN2O3. The van der Waals surface area contributed by atoms with Gasteiger partial charge in [-0.05, 0) is 37.7 Å². The molecule has 6 heteroatoms. The molecule has 2 aliphatic carbocycles. The fourth-order valence-electron chi connectivity index (χ4n) is 3.03. The van der Waals surface area contributed by atoms with E-state index in [1.807, 2.05) is 6.07 Å². The van der Waals surface area contributed by atoms with Gasteiger partial charge in [-0.2, -0.15) is 0 Å². The minimum Gasteiger partial charge on any atom is -0.383 e. The number of methoxy groups -OCH3 is 1. The van der Waals surface area contributed by atoms with Crippen LogP contribution in [0.25, 0.3) is 0 Å². The van der Waals surface area contributed by atoms with E-state index in [-0.39, 0.29) is 11.6 Å². The largest absolute Gasteiger partial charge is 0.383 e. The molecule has 1 N–H and O–H groups in total. The number of pyridine rings is 1. The molecule has 0 aliphatic heterocycles. The molecule has 5 nitrogen and oxygen atoms in total. The Hall–Kier alpha value is -1.69. The lowest BCUT2D eigenvalue weighted by Gasteiger charge is -2.28. The van der Waals surface area contributed by atoms with Crippen LogP contribution in [0, 0.1) is 0 Å². The Balaban J connectivity index is 1.73. The lowest BCUT2D eigenvalue weighted by Crippen LogP contribution is -2.44. The summed E-state index contributed by atoms with van der Waals surface area (Å²) >= 11 is 0. The Morgan fingerprint density at radius 1 is 1.50 bits per heavy atom. The number of rotatable bonds is 5. The van der Waals surface area contributed by atoms with E-state index in [0.29, 0.717) is 38.8 Å². The molecule has 0 spiro atoms. The van der Waals surface area contributed by atoms with Crippen LogP contribution >= 0.6 is 0 Å². The van der Waals surface area contributed by atoms with Crippen LogP contribution < -0.4 is 10.9 Å². The third-order valence-electron chi connectivity index (χ3n) is 4.54. The molecule has 1 heterocycles. The first-order valence-electron chi connectivity index (χ1n) is 7.74. The summed E-state index contributed by atoms with van der Waals surface area (Å²) in [5.74, 6) is -0.478. The summed E-state index contributed by atoms with van der Waals surface area (Å²) in [6.07, 6.45) is 2.74. The van der Waals surface area contributed by atoms with Gasteiger partial charge in [0.15, 0.2) is 5.67 Å². The van der Waals surface area contributed by atoms with E-state index in [1.54, 1.807) is 17.7 Å². The van der Waals surface area contributed by atoms with Gasteiger partial charge in [-0.15, -0.1) is 0 Å². The Morgan fingerprint density at radius 3 is 2.95 bits per heavy atom. The van der Waals surface area contributed by atoms with Crippen molar-refractivity contribution in [1.29, 1.82) is 0 Å². The van der Waals surface area contributed by atoms with Crippen LogP contribution in [0.3, 0.4) is 0 Å². The molecule has 1 saturated carbocycles. The maximum absolute atomic E-state index is 13.7. The van der Waals surface area contributed by atoms with Crippen molar-refractivity contribution >= 4 is 5.91 Å². The van der Waals surface area contributed by atoms with Gasteiger partial charge in [-0.3, -0.25) is 9.59 Å². The maximum Gasteiger partial charge on any atom is 0.257 e. The highest BCUT2D eigenvalue weighted by Crippen LogP contribution is 2.40. The molecule has 22 heavy (non-hydrogen) atoms. The van der Waals surface area contributed by atoms with Crippen molar-refractivity contribution in [3.05, 3.63) is 33.7 Å². The number of fused-ring (bicyclic) bond motifs is 1. The molecule has 3 rings (SSSR count). The lowest BCUT2D eigenvalue weighted by molar-refractivity contribution is -0.128. The fraction of sp³-hybridized carbons (Fsp3) is 0.625. The minimum absolute atomic E-state index is 0.0287. The quantitative estimate of drug-likeness (QED) is 0.882. The van der Waals surface area contributed by atoms with Crippen molar-refractivity contribution in [3.8, 4) is 0 Å². The average Bonchev–Trinajstić information content (AvgIpc) is 3.25. The number of carbonyl (C=O) groups excluding carboxylic acids is 1. The van der Waals surface area contributed by atoms with Gasteiger partial charge in [0.05, 0.1) is 6.61 Å². The number of hydrogen-bond acceptors (Lipinski definition) is 3. The first-order valence-corrected chi connectivity index (χ1v) is 7.74. The molecule has 0 radical (unpaired) electrons.